The van der Waals surface area contributed by atoms with Gasteiger partial charge in [-0.05, 0) is 17.5 Å². The molecule has 0 aliphatic heterocycles. The molecule has 1 aromatic carbocycles. The van der Waals surface area contributed by atoms with Gasteiger partial charge in [0, 0.05) is 23.6 Å². The summed E-state index contributed by atoms with van der Waals surface area (Å²) in [6.07, 6.45) is 2.58. The van der Waals surface area contributed by atoms with E-state index in [1.807, 2.05) is 12.1 Å². The number of aromatic nitrogens is 1. The molecular weight excluding hydrogens is 196 g/mol. The second-order valence-electron chi connectivity index (χ2n) is 4.34. The van der Waals surface area contributed by atoms with E-state index < -0.39 is 0 Å². The van der Waals surface area contributed by atoms with Crippen molar-refractivity contribution in [3.05, 3.63) is 41.9 Å². The van der Waals surface area contributed by atoms with E-state index in [0.29, 0.717) is 6.42 Å². The summed E-state index contributed by atoms with van der Waals surface area (Å²) in [6, 6.07) is 10.5. The number of benzene rings is 1. The number of hydrogen-bond donors (Lipinski definition) is 0. The Morgan fingerprint density at radius 1 is 1.31 bits per heavy atom. The van der Waals surface area contributed by atoms with Crippen LogP contribution in [0.3, 0.4) is 0 Å². The van der Waals surface area contributed by atoms with Crippen LogP contribution >= 0.6 is 0 Å². The zero-order chi connectivity index (χ0) is 11.5. The van der Waals surface area contributed by atoms with E-state index in [1.165, 1.54) is 16.8 Å². The van der Waals surface area contributed by atoms with Gasteiger partial charge in [-0.3, -0.25) is 0 Å². The Labute approximate surface area is 96.1 Å². The minimum Gasteiger partial charge on any atom is -0.347 e. The number of nitriles is 1. The quantitative estimate of drug-likeness (QED) is 0.765. The SMILES string of the molecule is C[C](C)Cn1cc(CC#N)c2ccccc21. The predicted octanol–water partition coefficient (Wildman–Crippen LogP) is 3.32. The van der Waals surface area contributed by atoms with Gasteiger partial charge in [0.25, 0.3) is 0 Å². The first kappa shape index (κ1) is 10.8. The molecule has 0 saturated carbocycles. The third kappa shape index (κ3) is 1.94. The summed E-state index contributed by atoms with van der Waals surface area (Å²) in [5.74, 6) is 1.37. The van der Waals surface area contributed by atoms with Gasteiger partial charge in [0.1, 0.15) is 0 Å². The fraction of sp³-hybridized carbons (Fsp3) is 0.286. The molecule has 2 nitrogen and oxygen atoms in total. The van der Waals surface area contributed by atoms with E-state index in [-0.39, 0.29) is 0 Å². The molecule has 1 heterocycles. The van der Waals surface area contributed by atoms with Gasteiger partial charge in [0.2, 0.25) is 0 Å². The maximum atomic E-state index is 8.81. The maximum Gasteiger partial charge on any atom is 0.0670 e. The molecule has 16 heavy (non-hydrogen) atoms. The highest BCUT2D eigenvalue weighted by Crippen LogP contribution is 2.22. The molecule has 0 unspecified atom stereocenters. The monoisotopic (exact) mass is 211 g/mol. The number of rotatable bonds is 3. The van der Waals surface area contributed by atoms with Crippen LogP contribution in [0, 0.1) is 17.2 Å². The molecule has 1 radical (unpaired) electrons. The molecule has 0 spiro atoms. The van der Waals surface area contributed by atoms with Crippen LogP contribution in [0.25, 0.3) is 10.9 Å². The van der Waals surface area contributed by atoms with Crippen molar-refractivity contribution in [1.29, 1.82) is 5.26 Å². The lowest BCUT2D eigenvalue weighted by Crippen LogP contribution is -2.00. The minimum atomic E-state index is 0.482. The standard InChI is InChI=1S/C14H15N2/c1-11(2)9-16-10-12(7-8-15)13-5-3-4-6-14(13)16/h3-6,10H,7,9H2,1-2H3. The van der Waals surface area contributed by atoms with Crippen molar-refractivity contribution >= 4 is 10.9 Å². The number of hydrogen-bond acceptors (Lipinski definition) is 1. The zero-order valence-corrected chi connectivity index (χ0v) is 9.70. The summed E-state index contributed by atoms with van der Waals surface area (Å²) < 4.78 is 2.22. The van der Waals surface area contributed by atoms with Crippen LogP contribution in [0.15, 0.2) is 30.5 Å². The van der Waals surface area contributed by atoms with E-state index in [1.54, 1.807) is 0 Å². The average Bonchev–Trinajstić information content (AvgIpc) is 2.58. The van der Waals surface area contributed by atoms with Gasteiger partial charge in [-0.15, -0.1) is 0 Å². The largest absolute Gasteiger partial charge is 0.347 e. The maximum absolute atomic E-state index is 8.81. The highest BCUT2D eigenvalue weighted by atomic mass is 15.0. The lowest BCUT2D eigenvalue weighted by Gasteiger charge is -2.07. The van der Waals surface area contributed by atoms with Gasteiger partial charge in [-0.1, -0.05) is 32.0 Å². The fourth-order valence-electron chi connectivity index (χ4n) is 2.02. The van der Waals surface area contributed by atoms with E-state index >= 15 is 0 Å². The smallest absolute Gasteiger partial charge is 0.0670 e. The lowest BCUT2D eigenvalue weighted by molar-refractivity contribution is 0.736. The highest BCUT2D eigenvalue weighted by Gasteiger charge is 2.08. The first-order valence-corrected chi connectivity index (χ1v) is 5.45. The second-order valence-corrected chi connectivity index (χ2v) is 4.34. The molecule has 0 bridgehead atoms. The fourth-order valence-corrected chi connectivity index (χ4v) is 2.02. The molecule has 0 fully saturated rings. The van der Waals surface area contributed by atoms with Crippen molar-refractivity contribution in [3.63, 3.8) is 0 Å². The molecule has 0 atom stereocenters. The molecule has 2 aromatic rings. The first-order chi connectivity index (χ1) is 7.72. The van der Waals surface area contributed by atoms with E-state index in [4.69, 9.17) is 5.26 Å². The van der Waals surface area contributed by atoms with Crippen molar-refractivity contribution in [2.75, 3.05) is 0 Å². The Kier molecular flexibility index (Phi) is 2.96. The Balaban J connectivity index is 2.54. The number of para-hydroxylation sites is 1. The van der Waals surface area contributed by atoms with Crippen LogP contribution in [0.1, 0.15) is 19.4 Å². The van der Waals surface area contributed by atoms with Gasteiger partial charge in [0.15, 0.2) is 0 Å². The van der Waals surface area contributed by atoms with E-state index in [9.17, 15) is 0 Å². The Morgan fingerprint density at radius 3 is 2.75 bits per heavy atom. The van der Waals surface area contributed by atoms with Crippen LogP contribution < -0.4 is 0 Å². The second kappa shape index (κ2) is 4.40. The van der Waals surface area contributed by atoms with Gasteiger partial charge in [-0.25, -0.2) is 0 Å². The summed E-state index contributed by atoms with van der Waals surface area (Å²) in [7, 11) is 0. The van der Waals surface area contributed by atoms with Gasteiger partial charge >= 0.3 is 0 Å². The first-order valence-electron chi connectivity index (χ1n) is 5.45. The summed E-state index contributed by atoms with van der Waals surface area (Å²) in [6.45, 7) is 5.17. The molecule has 0 amide bonds. The molecule has 0 aliphatic carbocycles. The van der Waals surface area contributed by atoms with E-state index in [0.717, 1.165) is 12.1 Å². The molecule has 81 valence electrons. The van der Waals surface area contributed by atoms with Crippen molar-refractivity contribution < 1.29 is 0 Å². The molecule has 0 saturated heterocycles. The van der Waals surface area contributed by atoms with Crippen molar-refractivity contribution in [1.82, 2.24) is 4.57 Å². The van der Waals surface area contributed by atoms with Crippen LogP contribution in [0.2, 0.25) is 0 Å². The summed E-state index contributed by atoms with van der Waals surface area (Å²) >= 11 is 0. The van der Waals surface area contributed by atoms with Crippen molar-refractivity contribution in [2.24, 2.45) is 0 Å². The highest BCUT2D eigenvalue weighted by molar-refractivity contribution is 5.84. The number of fused-ring (bicyclic) bond motifs is 1. The van der Waals surface area contributed by atoms with Crippen LogP contribution in [-0.2, 0) is 13.0 Å². The lowest BCUT2D eigenvalue weighted by atomic mass is 10.1. The summed E-state index contributed by atoms with van der Waals surface area (Å²) in [4.78, 5) is 0. The van der Waals surface area contributed by atoms with E-state index in [2.05, 4.69) is 42.8 Å². The molecular formula is C14H15N2. The van der Waals surface area contributed by atoms with Gasteiger partial charge < -0.3 is 4.57 Å². The Morgan fingerprint density at radius 2 is 2.06 bits per heavy atom. The van der Waals surface area contributed by atoms with Crippen LogP contribution in [0.5, 0.6) is 0 Å². The van der Waals surface area contributed by atoms with Crippen molar-refractivity contribution in [2.45, 2.75) is 26.8 Å². The topological polar surface area (TPSA) is 28.7 Å². The molecule has 0 aliphatic rings. The van der Waals surface area contributed by atoms with Gasteiger partial charge in [-0.2, -0.15) is 5.26 Å². The Bertz CT molecular complexity index is 529. The molecule has 2 heteroatoms. The Hall–Kier alpha value is -1.75. The predicted molar refractivity (Wildman–Crippen MR) is 65.8 cm³/mol. The molecule has 0 N–H and O–H groups in total. The minimum absolute atomic E-state index is 0.482. The average molecular weight is 211 g/mol. The summed E-state index contributed by atoms with van der Waals surface area (Å²) in [5, 5.41) is 10.0. The van der Waals surface area contributed by atoms with Crippen LogP contribution in [0.4, 0.5) is 0 Å². The summed E-state index contributed by atoms with van der Waals surface area (Å²) in [5.41, 5.74) is 2.34. The van der Waals surface area contributed by atoms with Gasteiger partial charge in [0.05, 0.1) is 12.5 Å². The normalized spacial score (nSPS) is 10.9. The van der Waals surface area contributed by atoms with Crippen LogP contribution in [-0.4, -0.2) is 4.57 Å². The van der Waals surface area contributed by atoms with Crippen molar-refractivity contribution in [3.8, 4) is 6.07 Å². The third-order valence-corrected chi connectivity index (χ3v) is 2.63. The molecule has 2 rings (SSSR count). The third-order valence-electron chi connectivity index (χ3n) is 2.63. The molecule has 1 aromatic heterocycles. The zero-order valence-electron chi connectivity index (χ0n) is 9.70. The number of nitrogens with zero attached hydrogens (tertiary/aromatic N) is 2.